The summed E-state index contributed by atoms with van der Waals surface area (Å²) in [6.07, 6.45) is 0. The third-order valence-electron chi connectivity index (χ3n) is 0.461. The van der Waals surface area contributed by atoms with Crippen LogP contribution in [-0.2, 0) is 9.05 Å². The standard InChI is InChI=1S/C4H10ClO2P.BH3/c1-3-6-8(5)7-4-2;/h3-4H2,1-2H3;1H3. The maximum absolute atomic E-state index is 5.50. The topological polar surface area (TPSA) is 18.5 Å². The van der Waals surface area contributed by atoms with E-state index >= 15 is 0 Å². The van der Waals surface area contributed by atoms with E-state index in [1.165, 1.54) is 0 Å². The molecule has 2 nitrogen and oxygen atoms in total. The molecule has 0 heterocycles. The molecule has 0 saturated carbocycles. The van der Waals surface area contributed by atoms with Crippen molar-refractivity contribution in [1.29, 1.82) is 0 Å². The van der Waals surface area contributed by atoms with Crippen LogP contribution in [-0.4, -0.2) is 21.6 Å². The third-order valence-corrected chi connectivity index (χ3v) is 1.97. The summed E-state index contributed by atoms with van der Waals surface area (Å²) in [5.74, 6) is 0. The van der Waals surface area contributed by atoms with Gasteiger partial charge in [-0.15, -0.1) is 0 Å². The van der Waals surface area contributed by atoms with Crippen molar-refractivity contribution in [3.8, 4) is 0 Å². The largest absolute Gasteiger partial charge is 0.322 e. The van der Waals surface area contributed by atoms with Crippen molar-refractivity contribution in [3.63, 3.8) is 0 Å². The molecule has 0 aromatic carbocycles. The van der Waals surface area contributed by atoms with E-state index in [0.717, 1.165) is 0 Å². The average Bonchev–Trinajstić information content (AvgIpc) is 1.68. The summed E-state index contributed by atoms with van der Waals surface area (Å²) in [5.41, 5.74) is 0. The van der Waals surface area contributed by atoms with Crippen molar-refractivity contribution in [2.24, 2.45) is 0 Å². The Morgan fingerprint density at radius 1 is 1.22 bits per heavy atom. The summed E-state index contributed by atoms with van der Waals surface area (Å²) >= 11 is 5.50. The van der Waals surface area contributed by atoms with Gasteiger partial charge in [-0.3, -0.25) is 0 Å². The first-order valence-corrected chi connectivity index (χ1v) is 4.61. The molecule has 56 valence electrons. The monoisotopic (exact) mass is 170 g/mol. The molecule has 9 heavy (non-hydrogen) atoms. The highest BCUT2D eigenvalue weighted by molar-refractivity contribution is 7.76. The minimum absolute atomic E-state index is 0. The summed E-state index contributed by atoms with van der Waals surface area (Å²) in [5, 5.41) is 0. The molecular weight excluding hydrogens is 157 g/mol. The van der Waals surface area contributed by atoms with E-state index in [-0.39, 0.29) is 8.41 Å². The van der Waals surface area contributed by atoms with Crippen LogP contribution in [0, 0.1) is 0 Å². The van der Waals surface area contributed by atoms with Crippen LogP contribution in [0.25, 0.3) is 0 Å². The molecule has 0 radical (unpaired) electrons. The fourth-order valence-electron chi connectivity index (χ4n) is 0.240. The van der Waals surface area contributed by atoms with Gasteiger partial charge in [-0.2, -0.15) is 0 Å². The highest BCUT2D eigenvalue weighted by Gasteiger charge is 2.00. The van der Waals surface area contributed by atoms with E-state index in [1.54, 1.807) is 0 Å². The Balaban J connectivity index is 0. The molecule has 0 N–H and O–H groups in total. The molecule has 0 aromatic heterocycles. The first kappa shape index (κ1) is 12.4. The van der Waals surface area contributed by atoms with Crippen molar-refractivity contribution in [1.82, 2.24) is 0 Å². The SMILES string of the molecule is B.CCOP(Cl)OCC. The molecule has 0 unspecified atom stereocenters. The molecule has 0 spiro atoms. The lowest BCUT2D eigenvalue weighted by Gasteiger charge is -2.04. The van der Waals surface area contributed by atoms with Crippen LogP contribution >= 0.6 is 19.0 Å². The Labute approximate surface area is 64.2 Å². The summed E-state index contributed by atoms with van der Waals surface area (Å²) in [7, 11) is -1.11. The highest BCUT2D eigenvalue weighted by atomic mass is 35.7. The van der Waals surface area contributed by atoms with Crippen LogP contribution in [0.5, 0.6) is 0 Å². The van der Waals surface area contributed by atoms with E-state index in [1.807, 2.05) is 13.8 Å². The van der Waals surface area contributed by atoms with Gasteiger partial charge < -0.3 is 9.05 Å². The predicted molar refractivity (Wildman–Crippen MR) is 46.0 cm³/mol. The minimum Gasteiger partial charge on any atom is -0.322 e. The minimum atomic E-state index is -1.11. The molecule has 0 fully saturated rings. The van der Waals surface area contributed by atoms with Crippen molar-refractivity contribution < 1.29 is 9.05 Å². The molecular formula is C4H13BClO2P. The van der Waals surface area contributed by atoms with Crippen LogP contribution in [0.2, 0.25) is 0 Å². The zero-order chi connectivity index (χ0) is 6.41. The smallest absolute Gasteiger partial charge is 0.276 e. The van der Waals surface area contributed by atoms with Gasteiger partial charge in [0.25, 0.3) is 7.73 Å². The van der Waals surface area contributed by atoms with Crippen LogP contribution < -0.4 is 0 Å². The first-order chi connectivity index (χ1) is 3.81. The molecule has 0 amide bonds. The second kappa shape index (κ2) is 8.70. The van der Waals surface area contributed by atoms with Crippen molar-refractivity contribution in [2.45, 2.75) is 13.8 Å². The van der Waals surface area contributed by atoms with E-state index in [9.17, 15) is 0 Å². The first-order valence-electron chi connectivity index (χ1n) is 2.53. The van der Waals surface area contributed by atoms with Crippen molar-refractivity contribution in [2.75, 3.05) is 13.2 Å². The molecule has 0 saturated heterocycles. The Hall–Kier alpha value is 0.705. The zero-order valence-electron chi connectivity index (χ0n) is 5.06. The highest BCUT2D eigenvalue weighted by Crippen LogP contribution is 2.42. The Morgan fingerprint density at radius 2 is 1.56 bits per heavy atom. The van der Waals surface area contributed by atoms with E-state index in [0.29, 0.717) is 13.2 Å². The number of hydrogen-bond donors (Lipinski definition) is 0. The second-order valence-electron chi connectivity index (χ2n) is 1.05. The van der Waals surface area contributed by atoms with Gasteiger partial charge in [-0.05, 0) is 25.1 Å². The van der Waals surface area contributed by atoms with Crippen molar-refractivity contribution >= 4 is 27.4 Å². The summed E-state index contributed by atoms with van der Waals surface area (Å²) in [6.45, 7) is 5.01. The summed E-state index contributed by atoms with van der Waals surface area (Å²) < 4.78 is 9.78. The Bertz CT molecular complexity index is 51.8. The van der Waals surface area contributed by atoms with Gasteiger partial charge in [0.05, 0.1) is 21.6 Å². The number of rotatable bonds is 4. The van der Waals surface area contributed by atoms with Gasteiger partial charge in [0.1, 0.15) is 0 Å². The molecule has 5 heteroatoms. The van der Waals surface area contributed by atoms with E-state index in [2.05, 4.69) is 0 Å². The van der Waals surface area contributed by atoms with Crippen LogP contribution in [0.15, 0.2) is 0 Å². The maximum Gasteiger partial charge on any atom is 0.276 e. The van der Waals surface area contributed by atoms with Crippen LogP contribution in [0.1, 0.15) is 13.8 Å². The third kappa shape index (κ3) is 8.70. The molecule has 0 aliphatic carbocycles. The number of halogens is 1. The lowest BCUT2D eigenvalue weighted by Crippen LogP contribution is -1.83. The average molecular weight is 170 g/mol. The quantitative estimate of drug-likeness (QED) is 0.468. The molecule has 0 aliphatic heterocycles. The van der Waals surface area contributed by atoms with Gasteiger partial charge in [-0.25, -0.2) is 0 Å². The lowest BCUT2D eigenvalue weighted by molar-refractivity contribution is 0.282. The fourth-order valence-corrected chi connectivity index (χ4v) is 1.31. The fraction of sp³-hybridized carbons (Fsp3) is 1.00. The maximum atomic E-state index is 5.50. The molecule has 0 rings (SSSR count). The van der Waals surface area contributed by atoms with Gasteiger partial charge >= 0.3 is 0 Å². The molecule has 0 bridgehead atoms. The van der Waals surface area contributed by atoms with Gasteiger partial charge in [0.2, 0.25) is 0 Å². The van der Waals surface area contributed by atoms with E-state index < -0.39 is 7.73 Å². The van der Waals surface area contributed by atoms with Crippen LogP contribution in [0.3, 0.4) is 0 Å². The summed E-state index contributed by atoms with van der Waals surface area (Å²) in [6, 6.07) is 0. The molecule has 0 aliphatic rings. The van der Waals surface area contributed by atoms with Gasteiger partial charge in [-0.1, -0.05) is 0 Å². The number of hydrogen-bond acceptors (Lipinski definition) is 2. The normalized spacial score (nSPS) is 9.33. The summed E-state index contributed by atoms with van der Waals surface area (Å²) in [4.78, 5) is 0. The lowest BCUT2D eigenvalue weighted by atomic mass is 10.8. The molecule has 0 atom stereocenters. The van der Waals surface area contributed by atoms with Gasteiger partial charge in [0, 0.05) is 0 Å². The second-order valence-corrected chi connectivity index (χ2v) is 2.82. The predicted octanol–water partition coefficient (Wildman–Crippen LogP) is 1.34. The van der Waals surface area contributed by atoms with E-state index in [4.69, 9.17) is 20.3 Å². The van der Waals surface area contributed by atoms with Crippen LogP contribution in [0.4, 0.5) is 0 Å². The van der Waals surface area contributed by atoms with Gasteiger partial charge in [0.15, 0.2) is 0 Å². The zero-order valence-corrected chi connectivity index (χ0v) is 6.71. The van der Waals surface area contributed by atoms with Crippen molar-refractivity contribution in [3.05, 3.63) is 0 Å². The molecule has 0 aromatic rings. The Kier molecular flexibility index (Phi) is 12.0. The Morgan fingerprint density at radius 3 is 1.78 bits per heavy atom.